The smallest absolute Gasteiger partial charge is 0.0228 e. The Kier molecular flexibility index (Phi) is 4.82. The summed E-state index contributed by atoms with van der Waals surface area (Å²) in [5.74, 6) is 1.21. The van der Waals surface area contributed by atoms with Crippen LogP contribution >= 0.6 is 0 Å². The average Bonchev–Trinajstić information content (AvgIpc) is 2.38. The van der Waals surface area contributed by atoms with Crippen LogP contribution in [0.1, 0.15) is 77.3 Å². The van der Waals surface area contributed by atoms with E-state index in [1.165, 1.54) is 36.8 Å². The van der Waals surface area contributed by atoms with Crippen molar-refractivity contribution in [2.75, 3.05) is 0 Å². The van der Waals surface area contributed by atoms with E-state index in [4.69, 9.17) is 5.73 Å². The van der Waals surface area contributed by atoms with Crippen LogP contribution in [0.25, 0.3) is 0 Å². The van der Waals surface area contributed by atoms with Gasteiger partial charge in [-0.3, -0.25) is 0 Å². The lowest BCUT2D eigenvalue weighted by atomic mass is 9.61. The van der Waals surface area contributed by atoms with E-state index in [1.54, 1.807) is 0 Å². The number of benzene rings is 1. The summed E-state index contributed by atoms with van der Waals surface area (Å²) in [7, 11) is 0. The normalized spacial score (nSPS) is 27.1. The Morgan fingerprint density at radius 2 is 1.76 bits per heavy atom. The van der Waals surface area contributed by atoms with Crippen LogP contribution in [-0.2, 0) is 6.42 Å². The molecule has 0 spiro atoms. The van der Waals surface area contributed by atoms with Gasteiger partial charge in [0, 0.05) is 5.54 Å². The minimum absolute atomic E-state index is 0.0319. The fraction of sp³-hybridized carbons (Fsp3) is 0.700. The molecule has 0 radical (unpaired) electrons. The van der Waals surface area contributed by atoms with E-state index in [1.807, 2.05) is 0 Å². The molecule has 2 rings (SSSR count). The molecule has 0 aromatic heterocycles. The zero-order valence-electron chi connectivity index (χ0n) is 14.6. The first-order valence-electron chi connectivity index (χ1n) is 8.60. The lowest BCUT2D eigenvalue weighted by Crippen LogP contribution is -2.55. The van der Waals surface area contributed by atoms with E-state index in [2.05, 4.69) is 58.9 Å². The first kappa shape index (κ1) is 16.5. The molecule has 1 fully saturated rings. The molecule has 2 unspecified atom stereocenters. The zero-order valence-corrected chi connectivity index (χ0v) is 14.6. The van der Waals surface area contributed by atoms with E-state index < -0.39 is 0 Å². The van der Waals surface area contributed by atoms with E-state index in [-0.39, 0.29) is 5.54 Å². The Balaban J connectivity index is 2.18. The van der Waals surface area contributed by atoms with Crippen LogP contribution in [0.5, 0.6) is 0 Å². The van der Waals surface area contributed by atoms with Crippen LogP contribution in [0.4, 0.5) is 0 Å². The first-order valence-corrected chi connectivity index (χ1v) is 8.60. The topological polar surface area (TPSA) is 26.0 Å². The number of rotatable bonds is 3. The van der Waals surface area contributed by atoms with Gasteiger partial charge in [0.25, 0.3) is 0 Å². The highest BCUT2D eigenvalue weighted by Gasteiger charge is 2.43. The highest BCUT2D eigenvalue weighted by Crippen LogP contribution is 2.44. The highest BCUT2D eigenvalue weighted by molar-refractivity contribution is 5.26. The van der Waals surface area contributed by atoms with Gasteiger partial charge >= 0.3 is 0 Å². The molecule has 0 amide bonds. The van der Waals surface area contributed by atoms with E-state index >= 15 is 0 Å². The maximum absolute atomic E-state index is 6.92. The third-order valence-corrected chi connectivity index (χ3v) is 5.30. The van der Waals surface area contributed by atoms with Gasteiger partial charge in [0.05, 0.1) is 0 Å². The van der Waals surface area contributed by atoms with Crippen molar-refractivity contribution in [3.05, 3.63) is 35.4 Å². The largest absolute Gasteiger partial charge is 0.325 e. The maximum Gasteiger partial charge on any atom is 0.0228 e. The Morgan fingerprint density at radius 3 is 2.29 bits per heavy atom. The van der Waals surface area contributed by atoms with Gasteiger partial charge in [0.1, 0.15) is 0 Å². The van der Waals surface area contributed by atoms with Gasteiger partial charge in [-0.1, -0.05) is 71.7 Å². The summed E-state index contributed by atoms with van der Waals surface area (Å²) in [4.78, 5) is 0. The minimum Gasteiger partial charge on any atom is -0.325 e. The summed E-state index contributed by atoms with van der Waals surface area (Å²) in [6.45, 7) is 11.6. The Hall–Kier alpha value is -0.820. The van der Waals surface area contributed by atoms with Crippen LogP contribution in [0, 0.1) is 11.3 Å². The number of nitrogens with two attached hydrogens (primary N) is 1. The molecule has 0 aliphatic heterocycles. The predicted octanol–water partition coefficient (Wildman–Crippen LogP) is 5.29. The summed E-state index contributed by atoms with van der Waals surface area (Å²) >= 11 is 0. The SMILES string of the molecule is CC(C)c1ccc(CC2(N)CCCCC2C(C)(C)C)cc1. The second-order valence-electron chi connectivity index (χ2n) is 8.47. The Labute approximate surface area is 131 Å². The van der Waals surface area contributed by atoms with Crippen LogP contribution in [0.3, 0.4) is 0 Å². The van der Waals surface area contributed by atoms with Gasteiger partial charge in [-0.05, 0) is 47.6 Å². The van der Waals surface area contributed by atoms with Crippen LogP contribution in [0.15, 0.2) is 24.3 Å². The summed E-state index contributed by atoms with van der Waals surface area (Å²) < 4.78 is 0. The maximum atomic E-state index is 6.92. The van der Waals surface area contributed by atoms with Crippen molar-refractivity contribution in [3.63, 3.8) is 0 Å². The van der Waals surface area contributed by atoms with Crippen molar-refractivity contribution >= 4 is 0 Å². The Morgan fingerprint density at radius 1 is 1.14 bits per heavy atom. The minimum atomic E-state index is -0.0319. The molecule has 1 aromatic carbocycles. The zero-order chi connectivity index (χ0) is 15.7. The van der Waals surface area contributed by atoms with E-state index in [9.17, 15) is 0 Å². The molecule has 118 valence electrons. The number of hydrogen-bond acceptors (Lipinski definition) is 1. The van der Waals surface area contributed by atoms with E-state index in [0.29, 0.717) is 17.3 Å². The fourth-order valence-electron chi connectivity index (χ4n) is 4.17. The summed E-state index contributed by atoms with van der Waals surface area (Å²) in [6.07, 6.45) is 6.10. The third kappa shape index (κ3) is 3.88. The van der Waals surface area contributed by atoms with Gasteiger partial charge in [0.15, 0.2) is 0 Å². The molecule has 1 nitrogen and oxygen atoms in total. The summed E-state index contributed by atoms with van der Waals surface area (Å²) in [5.41, 5.74) is 10.0. The van der Waals surface area contributed by atoms with Gasteiger partial charge in [-0.2, -0.15) is 0 Å². The van der Waals surface area contributed by atoms with E-state index in [0.717, 1.165) is 6.42 Å². The van der Waals surface area contributed by atoms with Crippen LogP contribution in [0.2, 0.25) is 0 Å². The molecule has 0 saturated heterocycles. The molecule has 2 atom stereocenters. The molecule has 0 bridgehead atoms. The van der Waals surface area contributed by atoms with Crippen molar-refractivity contribution in [1.82, 2.24) is 0 Å². The molecular weight excluding hydrogens is 254 g/mol. The molecule has 1 aliphatic carbocycles. The summed E-state index contributed by atoms with van der Waals surface area (Å²) in [6, 6.07) is 9.13. The lowest BCUT2D eigenvalue weighted by molar-refractivity contribution is 0.0793. The van der Waals surface area contributed by atoms with Crippen LogP contribution in [-0.4, -0.2) is 5.54 Å². The van der Waals surface area contributed by atoms with Crippen LogP contribution < -0.4 is 5.73 Å². The fourth-order valence-corrected chi connectivity index (χ4v) is 4.17. The van der Waals surface area contributed by atoms with Gasteiger partial charge in [0.2, 0.25) is 0 Å². The molecule has 1 aromatic rings. The average molecular weight is 287 g/mol. The van der Waals surface area contributed by atoms with Crippen molar-refractivity contribution in [2.45, 2.75) is 78.2 Å². The quantitative estimate of drug-likeness (QED) is 0.803. The first-order chi connectivity index (χ1) is 9.72. The molecular formula is C20H33N. The molecule has 0 heterocycles. The lowest BCUT2D eigenvalue weighted by Gasteiger charge is -2.48. The number of hydrogen-bond donors (Lipinski definition) is 1. The van der Waals surface area contributed by atoms with Gasteiger partial charge in [-0.25, -0.2) is 0 Å². The van der Waals surface area contributed by atoms with Crippen molar-refractivity contribution in [1.29, 1.82) is 0 Å². The highest BCUT2D eigenvalue weighted by atomic mass is 14.8. The molecule has 21 heavy (non-hydrogen) atoms. The van der Waals surface area contributed by atoms with Crippen molar-refractivity contribution in [3.8, 4) is 0 Å². The van der Waals surface area contributed by atoms with Gasteiger partial charge in [-0.15, -0.1) is 0 Å². The molecule has 1 heteroatoms. The molecule has 1 aliphatic rings. The molecule has 1 saturated carbocycles. The van der Waals surface area contributed by atoms with Crippen molar-refractivity contribution in [2.24, 2.45) is 17.1 Å². The summed E-state index contributed by atoms with van der Waals surface area (Å²) in [5, 5.41) is 0. The van der Waals surface area contributed by atoms with Crippen molar-refractivity contribution < 1.29 is 0 Å². The second-order valence-corrected chi connectivity index (χ2v) is 8.47. The third-order valence-electron chi connectivity index (χ3n) is 5.30. The molecule has 2 N–H and O–H groups in total. The second kappa shape index (κ2) is 6.12. The standard InChI is InChI=1S/C20H33N/c1-15(2)17-11-9-16(10-12-17)14-20(21)13-7-6-8-18(20)19(3,4)5/h9-12,15,18H,6-8,13-14,21H2,1-5H3. The monoisotopic (exact) mass is 287 g/mol. The van der Waals surface area contributed by atoms with Gasteiger partial charge < -0.3 is 5.73 Å². The predicted molar refractivity (Wildman–Crippen MR) is 92.6 cm³/mol. The Bertz CT molecular complexity index is 452.